The van der Waals surface area contributed by atoms with E-state index in [1.54, 1.807) is 0 Å². The summed E-state index contributed by atoms with van der Waals surface area (Å²) < 4.78 is 27.5. The third-order valence-corrected chi connectivity index (χ3v) is 7.40. The van der Waals surface area contributed by atoms with E-state index < -0.39 is 48.1 Å². The van der Waals surface area contributed by atoms with E-state index in [-0.39, 0.29) is 26.4 Å². The molecule has 1 aliphatic rings. The van der Waals surface area contributed by atoms with Crippen LogP contribution >= 0.6 is 0 Å². The second-order valence-corrected chi connectivity index (χ2v) is 10.1. The van der Waals surface area contributed by atoms with Crippen LogP contribution in [0.25, 0.3) is 0 Å². The molecule has 0 bridgehead atoms. The number of carbonyl (C=O) groups is 4. The summed E-state index contributed by atoms with van der Waals surface area (Å²) in [4.78, 5) is 46.7. The Morgan fingerprint density at radius 3 is 1.97 bits per heavy atom. The van der Waals surface area contributed by atoms with Gasteiger partial charge in [-0.25, -0.2) is 0 Å². The van der Waals surface area contributed by atoms with Crippen molar-refractivity contribution < 1.29 is 42.9 Å². The van der Waals surface area contributed by atoms with Gasteiger partial charge in [-0.05, 0) is 0 Å². The van der Waals surface area contributed by atoms with E-state index in [1.165, 1.54) is 27.7 Å². The number of esters is 4. The van der Waals surface area contributed by atoms with Gasteiger partial charge in [-0.3, -0.25) is 0 Å². The Kier molecular flexibility index (Phi) is 10.8. The molecule has 2 rings (SSSR count). The Labute approximate surface area is 199 Å². The average molecular weight is 529 g/mol. The van der Waals surface area contributed by atoms with Crippen molar-refractivity contribution in [3.63, 3.8) is 0 Å². The van der Waals surface area contributed by atoms with Crippen LogP contribution < -0.4 is 0 Å². The van der Waals surface area contributed by atoms with Crippen molar-refractivity contribution in [1.29, 1.82) is 0 Å². The maximum absolute atomic E-state index is 11.9. The molecular formula is C23H30O9Se. The molecule has 0 amide bonds. The number of hydrogen-bond donors (Lipinski definition) is 0. The fraction of sp³-hybridized carbons (Fsp3) is 0.565. The molecule has 1 aromatic carbocycles. The molecule has 5 atom stereocenters. The first kappa shape index (κ1) is 26.8. The van der Waals surface area contributed by atoms with Crippen LogP contribution in [0.1, 0.15) is 39.7 Å². The Balaban J connectivity index is 2.21. The van der Waals surface area contributed by atoms with E-state index in [2.05, 4.69) is 0 Å². The van der Waals surface area contributed by atoms with E-state index in [1.807, 2.05) is 30.3 Å². The second-order valence-electron chi connectivity index (χ2n) is 7.68. The van der Waals surface area contributed by atoms with Crippen LogP contribution in [0.15, 0.2) is 30.3 Å². The van der Waals surface area contributed by atoms with Crippen LogP contribution in [0.4, 0.5) is 0 Å². The molecule has 5 unspecified atom stereocenters. The summed E-state index contributed by atoms with van der Waals surface area (Å²) >= 11 is -0.178. The van der Waals surface area contributed by atoms with Gasteiger partial charge in [-0.2, -0.15) is 0 Å². The number of ether oxygens (including phenoxy) is 5. The first-order chi connectivity index (χ1) is 15.7. The quantitative estimate of drug-likeness (QED) is 0.194. The topological polar surface area (TPSA) is 114 Å². The van der Waals surface area contributed by atoms with Gasteiger partial charge >= 0.3 is 199 Å². The molecule has 0 aliphatic heterocycles. The SMILES string of the molecule is CC(=O)OCC1CC([Se]COCc2ccccc2)C(OC(C)=O)C(OC(C)=O)C1OC(C)=O. The summed E-state index contributed by atoms with van der Waals surface area (Å²) in [6.07, 6.45) is -2.32. The van der Waals surface area contributed by atoms with Gasteiger partial charge < -0.3 is 0 Å². The molecule has 182 valence electrons. The van der Waals surface area contributed by atoms with Gasteiger partial charge in [-0.1, -0.05) is 0 Å². The monoisotopic (exact) mass is 530 g/mol. The molecule has 33 heavy (non-hydrogen) atoms. The fourth-order valence-electron chi connectivity index (χ4n) is 3.67. The molecule has 0 aromatic heterocycles. The normalized spacial score (nSPS) is 24.4. The summed E-state index contributed by atoms with van der Waals surface area (Å²) in [5.41, 5.74) is 1.46. The van der Waals surface area contributed by atoms with Crippen LogP contribution in [0, 0.1) is 5.92 Å². The van der Waals surface area contributed by atoms with Gasteiger partial charge in [0, 0.05) is 0 Å². The molecule has 0 spiro atoms. The van der Waals surface area contributed by atoms with Crippen molar-refractivity contribution in [3.8, 4) is 0 Å². The van der Waals surface area contributed by atoms with Crippen LogP contribution in [0.2, 0.25) is 4.82 Å². The van der Waals surface area contributed by atoms with Gasteiger partial charge in [0.1, 0.15) is 0 Å². The molecule has 0 heterocycles. The van der Waals surface area contributed by atoms with Crippen molar-refractivity contribution in [2.24, 2.45) is 5.92 Å². The third kappa shape index (κ3) is 9.15. The first-order valence-electron chi connectivity index (χ1n) is 10.6. The first-order valence-corrected chi connectivity index (χ1v) is 12.8. The Morgan fingerprint density at radius 2 is 1.39 bits per heavy atom. The summed E-state index contributed by atoms with van der Waals surface area (Å²) in [6.45, 7) is 5.44. The molecule has 1 aliphatic carbocycles. The zero-order chi connectivity index (χ0) is 24.4. The van der Waals surface area contributed by atoms with Crippen molar-refractivity contribution in [3.05, 3.63) is 35.9 Å². The minimum atomic E-state index is -1.02. The fourth-order valence-corrected chi connectivity index (χ4v) is 6.06. The predicted octanol–water partition coefficient (Wildman–Crippen LogP) is 2.03. The number of rotatable bonds is 10. The minimum absolute atomic E-state index is 0.0186. The molecule has 1 saturated carbocycles. The Hall–Kier alpha value is -2.42. The summed E-state index contributed by atoms with van der Waals surface area (Å²) in [6, 6.07) is 9.72. The van der Waals surface area contributed by atoms with E-state index in [4.69, 9.17) is 23.7 Å². The van der Waals surface area contributed by atoms with E-state index in [9.17, 15) is 19.2 Å². The molecule has 0 radical (unpaired) electrons. The summed E-state index contributed by atoms with van der Waals surface area (Å²) in [7, 11) is 0. The van der Waals surface area contributed by atoms with E-state index >= 15 is 0 Å². The molecule has 1 fully saturated rings. The Morgan fingerprint density at radius 1 is 0.818 bits per heavy atom. The van der Waals surface area contributed by atoms with E-state index in [0.717, 1.165) is 5.56 Å². The Bertz CT molecular complexity index is 813. The van der Waals surface area contributed by atoms with Gasteiger partial charge in [-0.15, -0.1) is 0 Å². The van der Waals surface area contributed by atoms with Crippen molar-refractivity contribution in [1.82, 2.24) is 0 Å². The maximum atomic E-state index is 11.9. The number of benzene rings is 1. The molecule has 0 saturated heterocycles. The molecule has 9 nitrogen and oxygen atoms in total. The van der Waals surface area contributed by atoms with Crippen molar-refractivity contribution in [2.75, 3.05) is 12.1 Å². The molecular weight excluding hydrogens is 499 g/mol. The molecule has 0 N–H and O–H groups in total. The molecule has 10 heteroatoms. The summed E-state index contributed by atoms with van der Waals surface area (Å²) in [5, 5.41) is 0. The van der Waals surface area contributed by atoms with Gasteiger partial charge in [0.15, 0.2) is 0 Å². The van der Waals surface area contributed by atoms with Crippen LogP contribution in [0.5, 0.6) is 0 Å². The van der Waals surface area contributed by atoms with Gasteiger partial charge in [0.05, 0.1) is 0 Å². The van der Waals surface area contributed by atoms with Crippen molar-refractivity contribution >= 4 is 38.8 Å². The predicted molar refractivity (Wildman–Crippen MR) is 117 cm³/mol. The second kappa shape index (κ2) is 13.3. The zero-order valence-electron chi connectivity index (χ0n) is 19.2. The van der Waals surface area contributed by atoms with Crippen molar-refractivity contribution in [2.45, 2.75) is 63.9 Å². The third-order valence-electron chi connectivity index (χ3n) is 4.90. The number of carbonyl (C=O) groups excluding carboxylic acids is 4. The number of hydrogen-bond acceptors (Lipinski definition) is 9. The van der Waals surface area contributed by atoms with Gasteiger partial charge in [0.2, 0.25) is 0 Å². The molecule has 1 aromatic rings. The standard InChI is InChI=1S/C23H30O9Se/c1-14(24)29-12-19-10-20(33-13-28-11-18-8-6-5-7-9-18)22(31-16(3)26)23(32-17(4)27)21(19)30-15(2)25/h5-9,19-23H,10-13H2,1-4H3. The zero-order valence-corrected chi connectivity index (χ0v) is 20.9. The van der Waals surface area contributed by atoms with Crippen LogP contribution in [-0.4, -0.2) is 69.3 Å². The average Bonchev–Trinajstić information content (AvgIpc) is 2.73. The van der Waals surface area contributed by atoms with Gasteiger partial charge in [0.25, 0.3) is 0 Å². The van der Waals surface area contributed by atoms with E-state index in [0.29, 0.717) is 18.5 Å². The summed E-state index contributed by atoms with van der Waals surface area (Å²) in [5.74, 6) is -2.63. The van der Waals surface area contributed by atoms with Crippen LogP contribution in [-0.2, 0) is 49.5 Å². The van der Waals surface area contributed by atoms with Crippen LogP contribution in [0.3, 0.4) is 0 Å².